The molecule has 102 valence electrons. The number of nitrogens with one attached hydrogen (secondary N) is 1. The van der Waals surface area contributed by atoms with Crippen molar-refractivity contribution in [1.29, 1.82) is 0 Å². The second-order valence-corrected chi connectivity index (χ2v) is 4.64. The number of aromatic carboxylic acids is 1. The molecule has 0 atom stereocenters. The van der Waals surface area contributed by atoms with Crippen LogP contribution in [0, 0.1) is 0 Å². The molecule has 0 radical (unpaired) electrons. The quantitative estimate of drug-likeness (QED) is 0.752. The van der Waals surface area contributed by atoms with E-state index >= 15 is 0 Å². The van der Waals surface area contributed by atoms with Crippen LogP contribution in [0.3, 0.4) is 0 Å². The molecule has 0 unspecified atom stereocenters. The van der Waals surface area contributed by atoms with Gasteiger partial charge in [0.25, 0.3) is 0 Å². The Hall–Kier alpha value is -1.39. The van der Waals surface area contributed by atoms with Crippen LogP contribution in [0.5, 0.6) is 0 Å². The zero-order valence-electron chi connectivity index (χ0n) is 11.3. The number of hydrogen-bond donors (Lipinski definition) is 3. The van der Waals surface area contributed by atoms with Crippen molar-refractivity contribution in [1.82, 2.24) is 5.32 Å². The average Bonchev–Trinajstić information content (AvgIpc) is 2.38. The Kier molecular flexibility index (Phi) is 8.00. The van der Waals surface area contributed by atoms with Crippen LogP contribution >= 0.6 is 0 Å². The Morgan fingerprint density at radius 2 is 1.83 bits per heavy atom. The van der Waals surface area contributed by atoms with Gasteiger partial charge in [0.1, 0.15) is 0 Å². The summed E-state index contributed by atoms with van der Waals surface area (Å²) in [6.07, 6.45) is 1.11. The van der Waals surface area contributed by atoms with Crippen LogP contribution in [0.15, 0.2) is 30.3 Å². The smallest absolute Gasteiger partial charge is 0.335 e. The molecule has 0 spiro atoms. The van der Waals surface area contributed by atoms with E-state index in [1.54, 1.807) is 30.3 Å². The molecule has 18 heavy (non-hydrogen) atoms. The molecule has 0 saturated carbocycles. The number of rotatable bonds is 5. The molecule has 0 amide bonds. The van der Waals surface area contributed by atoms with Gasteiger partial charge < -0.3 is 15.5 Å². The number of carbonyl (C=O) groups is 1. The second kappa shape index (κ2) is 8.66. The maximum absolute atomic E-state index is 10.2. The van der Waals surface area contributed by atoms with Crippen molar-refractivity contribution in [2.24, 2.45) is 0 Å². The van der Waals surface area contributed by atoms with Crippen molar-refractivity contribution in [3.63, 3.8) is 0 Å². The first-order valence-corrected chi connectivity index (χ1v) is 6.07. The van der Waals surface area contributed by atoms with Crippen LogP contribution in [0.2, 0.25) is 0 Å². The molecule has 1 rings (SSSR count). The van der Waals surface area contributed by atoms with E-state index in [1.165, 1.54) is 0 Å². The van der Waals surface area contributed by atoms with Gasteiger partial charge in [-0.2, -0.15) is 0 Å². The summed E-state index contributed by atoms with van der Waals surface area (Å²) in [6, 6.07) is 8.30. The van der Waals surface area contributed by atoms with E-state index in [2.05, 4.69) is 12.2 Å². The van der Waals surface area contributed by atoms with E-state index < -0.39 is 5.97 Å². The van der Waals surface area contributed by atoms with Gasteiger partial charge in [-0.1, -0.05) is 25.1 Å². The Morgan fingerprint density at radius 3 is 2.17 bits per heavy atom. The van der Waals surface area contributed by atoms with E-state index in [9.17, 15) is 4.79 Å². The molecule has 4 nitrogen and oxygen atoms in total. The molecule has 0 aliphatic heterocycles. The fourth-order valence-electron chi connectivity index (χ4n) is 1.10. The summed E-state index contributed by atoms with van der Waals surface area (Å²) >= 11 is 0. The minimum atomic E-state index is -0.879. The van der Waals surface area contributed by atoms with Gasteiger partial charge in [-0.3, -0.25) is 0 Å². The average molecular weight is 253 g/mol. The van der Waals surface area contributed by atoms with Crippen molar-refractivity contribution >= 4 is 5.97 Å². The highest BCUT2D eigenvalue weighted by atomic mass is 16.4. The fraction of sp³-hybridized carbons (Fsp3) is 0.500. The topological polar surface area (TPSA) is 69.6 Å². The third-order valence-electron chi connectivity index (χ3n) is 2.27. The highest BCUT2D eigenvalue weighted by molar-refractivity contribution is 5.87. The van der Waals surface area contributed by atoms with Gasteiger partial charge in [0, 0.05) is 5.54 Å². The second-order valence-electron chi connectivity index (χ2n) is 4.64. The molecule has 0 fully saturated rings. The highest BCUT2D eigenvalue weighted by Gasteiger charge is 2.13. The van der Waals surface area contributed by atoms with Crippen molar-refractivity contribution in [2.75, 3.05) is 13.2 Å². The van der Waals surface area contributed by atoms with Crippen LogP contribution in [-0.2, 0) is 0 Å². The molecular weight excluding hydrogens is 230 g/mol. The number of carboxylic acids is 1. The number of benzene rings is 1. The molecule has 0 bridgehead atoms. The lowest BCUT2D eigenvalue weighted by Gasteiger charge is -2.22. The zero-order chi connectivity index (χ0) is 14.0. The monoisotopic (exact) mass is 253 g/mol. The number of carboxylic acid groups (broad SMARTS) is 1. The van der Waals surface area contributed by atoms with E-state index in [4.69, 9.17) is 10.2 Å². The lowest BCUT2D eigenvalue weighted by Crippen LogP contribution is -2.42. The molecule has 0 aromatic heterocycles. The summed E-state index contributed by atoms with van der Waals surface area (Å²) in [4.78, 5) is 10.2. The standard InChI is InChI=1S/C7H17NO.C7H6O2/c1-4-5-8-7(2,3)6-9;8-7(9)6-4-2-1-3-5-6/h8-9H,4-6H2,1-3H3;1-5H,(H,8,9). The highest BCUT2D eigenvalue weighted by Crippen LogP contribution is 1.98. The van der Waals surface area contributed by atoms with Crippen molar-refractivity contribution in [2.45, 2.75) is 32.7 Å². The minimum absolute atomic E-state index is 0.101. The van der Waals surface area contributed by atoms with E-state index in [0.29, 0.717) is 5.56 Å². The summed E-state index contributed by atoms with van der Waals surface area (Å²) in [5, 5.41) is 20.4. The van der Waals surface area contributed by atoms with Gasteiger partial charge >= 0.3 is 5.97 Å². The summed E-state index contributed by atoms with van der Waals surface area (Å²) in [5.41, 5.74) is 0.230. The molecule has 1 aromatic carbocycles. The third kappa shape index (κ3) is 7.81. The third-order valence-corrected chi connectivity index (χ3v) is 2.27. The first kappa shape index (κ1) is 16.6. The van der Waals surface area contributed by atoms with Gasteiger partial charge in [-0.15, -0.1) is 0 Å². The lowest BCUT2D eigenvalue weighted by atomic mass is 10.1. The maximum atomic E-state index is 10.2. The number of aliphatic hydroxyl groups is 1. The largest absolute Gasteiger partial charge is 0.478 e. The molecule has 1 aromatic rings. The SMILES string of the molecule is CCCNC(C)(C)CO.O=C(O)c1ccccc1. The molecular formula is C14H23NO3. The molecule has 0 saturated heterocycles. The Bertz CT molecular complexity index is 336. The van der Waals surface area contributed by atoms with E-state index in [-0.39, 0.29) is 12.1 Å². The summed E-state index contributed by atoms with van der Waals surface area (Å²) in [5.74, 6) is -0.879. The predicted molar refractivity (Wildman–Crippen MR) is 72.9 cm³/mol. The normalized spacial score (nSPS) is 10.4. The first-order valence-electron chi connectivity index (χ1n) is 6.07. The number of aliphatic hydroxyl groups excluding tert-OH is 1. The van der Waals surface area contributed by atoms with Crippen LogP contribution in [0.1, 0.15) is 37.6 Å². The molecule has 0 aliphatic rings. The van der Waals surface area contributed by atoms with Gasteiger partial charge in [-0.25, -0.2) is 4.79 Å². The minimum Gasteiger partial charge on any atom is -0.478 e. The van der Waals surface area contributed by atoms with Crippen molar-refractivity contribution < 1.29 is 15.0 Å². The zero-order valence-corrected chi connectivity index (χ0v) is 11.3. The Morgan fingerprint density at radius 1 is 1.28 bits per heavy atom. The van der Waals surface area contributed by atoms with Gasteiger partial charge in [0.05, 0.1) is 12.2 Å². The van der Waals surface area contributed by atoms with Crippen LogP contribution in [-0.4, -0.2) is 34.9 Å². The lowest BCUT2D eigenvalue weighted by molar-refractivity contribution is 0.0697. The van der Waals surface area contributed by atoms with Gasteiger partial charge in [0.15, 0.2) is 0 Å². The van der Waals surface area contributed by atoms with Crippen LogP contribution < -0.4 is 5.32 Å². The summed E-state index contributed by atoms with van der Waals surface area (Å²) in [7, 11) is 0. The summed E-state index contributed by atoms with van der Waals surface area (Å²) < 4.78 is 0. The molecule has 3 N–H and O–H groups in total. The summed E-state index contributed by atoms with van der Waals surface area (Å²) in [6.45, 7) is 7.27. The predicted octanol–water partition coefficient (Wildman–Crippen LogP) is 2.14. The Labute approximate surface area is 109 Å². The molecule has 0 aliphatic carbocycles. The Balaban J connectivity index is 0.000000321. The molecule has 0 heterocycles. The van der Waals surface area contributed by atoms with Crippen molar-refractivity contribution in [3.05, 3.63) is 35.9 Å². The van der Waals surface area contributed by atoms with Crippen LogP contribution in [0.4, 0.5) is 0 Å². The van der Waals surface area contributed by atoms with Gasteiger partial charge in [-0.05, 0) is 38.9 Å². The molecule has 4 heteroatoms. The van der Waals surface area contributed by atoms with Crippen LogP contribution in [0.25, 0.3) is 0 Å². The first-order chi connectivity index (χ1) is 8.43. The van der Waals surface area contributed by atoms with E-state index in [1.807, 2.05) is 13.8 Å². The van der Waals surface area contributed by atoms with E-state index in [0.717, 1.165) is 13.0 Å². The number of hydrogen-bond acceptors (Lipinski definition) is 3. The fourth-order valence-corrected chi connectivity index (χ4v) is 1.10. The maximum Gasteiger partial charge on any atom is 0.335 e. The van der Waals surface area contributed by atoms with Crippen molar-refractivity contribution in [3.8, 4) is 0 Å². The van der Waals surface area contributed by atoms with Gasteiger partial charge in [0.2, 0.25) is 0 Å².